The minimum absolute atomic E-state index is 0.0656. The quantitative estimate of drug-likeness (QED) is 0.423. The Hall–Kier alpha value is -1.50. The average molecular weight is 464 g/mol. The van der Waals surface area contributed by atoms with Gasteiger partial charge in [-0.3, -0.25) is 0 Å². The summed E-state index contributed by atoms with van der Waals surface area (Å²) in [4.78, 5) is 0. The van der Waals surface area contributed by atoms with Crippen LogP contribution in [0.25, 0.3) is 0 Å². The third-order valence-corrected chi connectivity index (χ3v) is 13.1. The predicted molar refractivity (Wildman–Crippen MR) is 118 cm³/mol. The molecule has 0 atom stereocenters. The molecule has 0 bridgehead atoms. The third-order valence-electron chi connectivity index (χ3n) is 5.59. The Morgan fingerprint density at radius 3 is 2.03 bits per heavy atom. The summed E-state index contributed by atoms with van der Waals surface area (Å²) in [6.45, 7) is 12.8. The van der Waals surface area contributed by atoms with E-state index in [0.717, 1.165) is 0 Å². The van der Waals surface area contributed by atoms with E-state index in [-0.39, 0.29) is 13.0 Å². The van der Waals surface area contributed by atoms with E-state index >= 15 is 0 Å². The monoisotopic (exact) mass is 463 g/mol. The van der Waals surface area contributed by atoms with Gasteiger partial charge in [0.1, 0.15) is 13.8 Å². The summed E-state index contributed by atoms with van der Waals surface area (Å²) in [5.41, 5.74) is 0.753. The topological polar surface area (TPSA) is 55.4 Å². The number of benzene rings is 1. The molecule has 1 aromatic rings. The fourth-order valence-electron chi connectivity index (χ4n) is 4.10. The van der Waals surface area contributed by atoms with Crippen LogP contribution < -0.4 is 9.46 Å². The lowest BCUT2D eigenvalue weighted by molar-refractivity contribution is -0.0447. The van der Waals surface area contributed by atoms with Crippen molar-refractivity contribution >= 4 is 18.1 Å². The van der Waals surface area contributed by atoms with Gasteiger partial charge < -0.3 is 4.74 Å². The van der Waals surface area contributed by atoms with E-state index in [1.807, 2.05) is 0 Å². The van der Waals surface area contributed by atoms with Crippen molar-refractivity contribution in [3.05, 3.63) is 29.3 Å². The molecule has 1 rings (SSSR count). The Bertz CT molecular complexity index is 863. The van der Waals surface area contributed by atoms with E-state index in [4.69, 9.17) is 4.74 Å². The molecule has 30 heavy (non-hydrogen) atoms. The van der Waals surface area contributed by atoms with E-state index in [1.54, 1.807) is 22.9 Å². The van der Waals surface area contributed by atoms with E-state index in [9.17, 15) is 21.6 Å². The van der Waals surface area contributed by atoms with Gasteiger partial charge in [0, 0.05) is 6.54 Å². The summed E-state index contributed by atoms with van der Waals surface area (Å²) >= 11 is 0. The zero-order valence-corrected chi connectivity index (χ0v) is 20.5. The maximum Gasteiger partial charge on any atom is 0.511 e. The molecule has 0 aliphatic rings. The number of sulfonamides is 1. The van der Waals surface area contributed by atoms with Gasteiger partial charge in [-0.25, -0.2) is 13.1 Å². The van der Waals surface area contributed by atoms with Crippen molar-refractivity contribution in [1.82, 2.24) is 4.72 Å². The first kappa shape index (κ1) is 26.5. The molecule has 170 valence electrons. The highest BCUT2D eigenvalue weighted by atomic mass is 32.2. The molecule has 0 amide bonds. The van der Waals surface area contributed by atoms with Gasteiger partial charge in [0.05, 0.1) is 12.7 Å². The van der Waals surface area contributed by atoms with Crippen molar-refractivity contribution in [3.8, 4) is 17.2 Å². The van der Waals surface area contributed by atoms with Crippen LogP contribution in [0.1, 0.15) is 52.7 Å². The maximum absolute atomic E-state index is 12.5. The van der Waals surface area contributed by atoms with Gasteiger partial charge in [0.2, 0.25) is 0 Å². The van der Waals surface area contributed by atoms with Crippen LogP contribution in [-0.2, 0) is 16.4 Å². The van der Waals surface area contributed by atoms with Crippen molar-refractivity contribution in [2.75, 3.05) is 13.7 Å². The minimum atomic E-state index is -5.38. The van der Waals surface area contributed by atoms with Crippen LogP contribution in [0.15, 0.2) is 18.2 Å². The summed E-state index contributed by atoms with van der Waals surface area (Å²) in [7, 11) is -5.90. The van der Waals surface area contributed by atoms with Crippen molar-refractivity contribution in [2.45, 2.75) is 70.1 Å². The molecule has 1 aromatic carbocycles. The predicted octanol–water partition coefficient (Wildman–Crippen LogP) is 5.25. The van der Waals surface area contributed by atoms with Crippen molar-refractivity contribution < 1.29 is 26.3 Å². The number of hydrogen-bond donors (Lipinski definition) is 1. The number of hydrogen-bond acceptors (Lipinski definition) is 3. The number of alkyl halides is 3. The number of rotatable bonds is 8. The Balaban J connectivity index is 3.35. The van der Waals surface area contributed by atoms with Crippen molar-refractivity contribution in [1.29, 1.82) is 0 Å². The normalized spacial score (nSPS) is 13.0. The average Bonchev–Trinajstić information content (AvgIpc) is 2.60. The lowest BCUT2D eigenvalue weighted by Crippen LogP contribution is -2.43. The molecule has 0 radical (unpaired) electrons. The van der Waals surface area contributed by atoms with Crippen LogP contribution in [0.3, 0.4) is 0 Å². The number of halogens is 3. The standard InChI is InChI=1S/C21H32F3NO3SSi/c1-15(2)30(16(3)4,17(5)6)14-12-19-18(9-8-10-20(19)28-7)11-13-25-29(26,27)21(22,23)24/h8-10,15-17,25H,11,13H2,1-7H3. The summed E-state index contributed by atoms with van der Waals surface area (Å²) in [5.74, 6) is 3.81. The second-order valence-corrected chi connectivity index (χ2v) is 15.6. The minimum Gasteiger partial charge on any atom is -0.495 e. The molecule has 0 aromatic heterocycles. The first-order valence-electron chi connectivity index (χ1n) is 9.95. The van der Waals surface area contributed by atoms with Crippen molar-refractivity contribution in [3.63, 3.8) is 0 Å². The van der Waals surface area contributed by atoms with Crippen LogP contribution in [0.2, 0.25) is 16.6 Å². The Morgan fingerprint density at radius 1 is 1.07 bits per heavy atom. The maximum atomic E-state index is 12.5. The van der Waals surface area contributed by atoms with Crippen LogP contribution in [0.5, 0.6) is 5.75 Å². The highest BCUT2D eigenvalue weighted by molar-refractivity contribution is 7.90. The molecule has 0 unspecified atom stereocenters. The molecule has 1 N–H and O–H groups in total. The molecule has 0 spiro atoms. The highest BCUT2D eigenvalue weighted by Crippen LogP contribution is 2.41. The molecule has 0 saturated carbocycles. The second-order valence-electron chi connectivity index (χ2n) is 8.24. The van der Waals surface area contributed by atoms with Gasteiger partial charge >= 0.3 is 15.5 Å². The van der Waals surface area contributed by atoms with Crippen LogP contribution in [-0.4, -0.2) is 35.7 Å². The number of ether oxygens (including phenoxy) is 1. The molecule has 0 saturated heterocycles. The van der Waals surface area contributed by atoms with Gasteiger partial charge in [-0.15, -0.1) is 5.54 Å². The molecule has 9 heteroatoms. The van der Waals surface area contributed by atoms with E-state index in [0.29, 0.717) is 33.5 Å². The first-order chi connectivity index (χ1) is 13.7. The van der Waals surface area contributed by atoms with Gasteiger partial charge in [-0.05, 0) is 34.7 Å². The van der Waals surface area contributed by atoms with Gasteiger partial charge in [-0.1, -0.05) is 59.6 Å². The molecular formula is C21H32F3NO3SSi. The largest absolute Gasteiger partial charge is 0.511 e. The van der Waals surface area contributed by atoms with Crippen LogP contribution in [0.4, 0.5) is 13.2 Å². The molecule has 0 fully saturated rings. The Labute approximate surface area is 179 Å². The summed E-state index contributed by atoms with van der Waals surface area (Å²) in [5, 5.41) is 0. The Morgan fingerprint density at radius 2 is 1.60 bits per heavy atom. The Kier molecular flexibility index (Phi) is 9.02. The zero-order chi connectivity index (χ0) is 23.3. The van der Waals surface area contributed by atoms with Crippen molar-refractivity contribution in [2.24, 2.45) is 0 Å². The smallest absolute Gasteiger partial charge is 0.495 e. The molecule has 0 aliphatic heterocycles. The van der Waals surface area contributed by atoms with Crippen LogP contribution in [0, 0.1) is 11.5 Å². The zero-order valence-electron chi connectivity index (χ0n) is 18.6. The number of methoxy groups -OCH3 is 1. The lowest BCUT2D eigenvalue weighted by atomic mass is 10.0. The lowest BCUT2D eigenvalue weighted by Gasteiger charge is -2.38. The number of nitrogens with one attached hydrogen (secondary N) is 1. The van der Waals surface area contributed by atoms with E-state index < -0.39 is 23.6 Å². The van der Waals surface area contributed by atoms with E-state index in [2.05, 4.69) is 53.0 Å². The fourth-order valence-corrected chi connectivity index (χ4v) is 9.84. The van der Waals surface area contributed by atoms with Gasteiger partial charge in [0.25, 0.3) is 0 Å². The van der Waals surface area contributed by atoms with Gasteiger partial charge in [-0.2, -0.15) is 13.2 Å². The molecular weight excluding hydrogens is 431 g/mol. The molecule has 4 nitrogen and oxygen atoms in total. The first-order valence-corrected chi connectivity index (χ1v) is 13.7. The molecule has 0 aliphatic carbocycles. The van der Waals surface area contributed by atoms with E-state index in [1.165, 1.54) is 7.11 Å². The van der Waals surface area contributed by atoms with Crippen LogP contribution >= 0.6 is 0 Å². The summed E-state index contributed by atoms with van der Waals surface area (Å²) in [6.07, 6.45) is 0.0656. The van der Waals surface area contributed by atoms with Gasteiger partial charge in [0.15, 0.2) is 0 Å². The summed E-state index contributed by atoms with van der Waals surface area (Å²) in [6, 6.07) is 5.20. The highest BCUT2D eigenvalue weighted by Gasteiger charge is 2.45. The molecule has 0 heterocycles. The summed E-state index contributed by atoms with van der Waals surface area (Å²) < 4.78 is 67.2. The third kappa shape index (κ3) is 5.80. The SMILES string of the molecule is COc1cccc(CCNS(=O)(=O)C(F)(F)F)c1C#C[Si](C(C)C)(C(C)C)C(C)C. The fraction of sp³-hybridized carbons (Fsp3) is 0.619. The second kappa shape index (κ2) is 10.2.